The number of aliphatic imine (C=N–C) groups is 1. The molecular formula is C14H23NO3S. The van der Waals surface area contributed by atoms with Gasteiger partial charge in [-0.3, -0.25) is 9.79 Å². The normalized spacial score (nSPS) is 37.7. The topological polar surface area (TPSA) is 47.9 Å². The van der Waals surface area contributed by atoms with E-state index < -0.39 is 0 Å². The van der Waals surface area contributed by atoms with Gasteiger partial charge in [0, 0.05) is 6.92 Å². The van der Waals surface area contributed by atoms with Crippen LogP contribution in [0.3, 0.4) is 0 Å². The first kappa shape index (κ1) is 14.9. The Hall–Kier alpha value is -0.550. The molecule has 0 N–H and O–H groups in total. The fraction of sp³-hybridized carbons (Fsp3) is 0.857. The average molecular weight is 285 g/mol. The van der Waals surface area contributed by atoms with Crippen molar-refractivity contribution in [2.45, 2.75) is 58.1 Å². The van der Waals surface area contributed by atoms with Crippen molar-refractivity contribution in [3.63, 3.8) is 0 Å². The van der Waals surface area contributed by atoms with E-state index in [1.54, 1.807) is 11.8 Å². The molecule has 2 aliphatic heterocycles. The van der Waals surface area contributed by atoms with Gasteiger partial charge in [-0.15, -0.1) is 0 Å². The summed E-state index contributed by atoms with van der Waals surface area (Å²) in [6, 6.07) is 0.259. The van der Waals surface area contributed by atoms with Crippen LogP contribution in [0.4, 0.5) is 0 Å². The average Bonchev–Trinajstić information content (AvgIpc) is 2.75. The number of esters is 1. The van der Waals surface area contributed by atoms with E-state index in [1.807, 2.05) is 0 Å². The Labute approximate surface area is 119 Å². The van der Waals surface area contributed by atoms with E-state index in [2.05, 4.69) is 20.8 Å². The second-order valence-corrected chi connectivity index (χ2v) is 6.62. The van der Waals surface area contributed by atoms with Crippen molar-refractivity contribution in [2.24, 2.45) is 16.8 Å². The van der Waals surface area contributed by atoms with Crippen LogP contribution in [0.15, 0.2) is 4.99 Å². The third-order valence-corrected chi connectivity index (χ3v) is 5.21. The lowest BCUT2D eigenvalue weighted by molar-refractivity contribution is -0.152. The monoisotopic (exact) mass is 285 g/mol. The molecule has 19 heavy (non-hydrogen) atoms. The first-order valence-corrected chi connectivity index (χ1v) is 7.93. The number of carbonyl (C=O) groups is 1. The minimum atomic E-state index is -0.243. The molecule has 0 amide bonds. The molecule has 1 fully saturated rings. The lowest BCUT2D eigenvalue weighted by atomic mass is 9.83. The van der Waals surface area contributed by atoms with Crippen LogP contribution in [-0.4, -0.2) is 35.2 Å². The van der Waals surface area contributed by atoms with Crippen LogP contribution >= 0.6 is 11.8 Å². The largest absolute Gasteiger partial charge is 0.463 e. The first-order valence-electron chi connectivity index (χ1n) is 7.05. The minimum absolute atomic E-state index is 0.0103. The van der Waals surface area contributed by atoms with Crippen LogP contribution in [0.5, 0.6) is 0 Å². The molecule has 2 rings (SSSR count). The summed E-state index contributed by atoms with van der Waals surface area (Å²) >= 11 is 1.75. The maximum absolute atomic E-state index is 10.9. The van der Waals surface area contributed by atoms with Gasteiger partial charge in [-0.05, 0) is 18.3 Å². The second kappa shape index (κ2) is 6.27. The van der Waals surface area contributed by atoms with Gasteiger partial charge in [-0.2, -0.15) is 0 Å². The molecule has 0 aliphatic carbocycles. The fourth-order valence-corrected chi connectivity index (χ4v) is 4.03. The number of hydrogen-bond acceptors (Lipinski definition) is 5. The number of hydrogen-bond donors (Lipinski definition) is 0. The summed E-state index contributed by atoms with van der Waals surface area (Å²) in [7, 11) is 0. The highest BCUT2D eigenvalue weighted by Gasteiger charge is 2.45. The van der Waals surface area contributed by atoms with Crippen molar-refractivity contribution in [3.05, 3.63) is 0 Å². The van der Waals surface area contributed by atoms with E-state index in [0.29, 0.717) is 18.4 Å². The predicted octanol–water partition coefficient (Wildman–Crippen LogP) is 2.86. The Morgan fingerprint density at radius 1 is 1.42 bits per heavy atom. The summed E-state index contributed by atoms with van der Waals surface area (Å²) in [5.41, 5.74) is 0.105. The van der Waals surface area contributed by atoms with Crippen molar-refractivity contribution in [1.82, 2.24) is 0 Å². The summed E-state index contributed by atoms with van der Waals surface area (Å²) in [4.78, 5) is 15.7. The van der Waals surface area contributed by atoms with E-state index in [0.717, 1.165) is 12.8 Å². The van der Waals surface area contributed by atoms with Crippen LogP contribution in [0, 0.1) is 11.8 Å². The quantitative estimate of drug-likeness (QED) is 0.745. The molecule has 0 bridgehead atoms. The van der Waals surface area contributed by atoms with E-state index in [4.69, 9.17) is 14.5 Å². The second-order valence-electron chi connectivity index (χ2n) is 5.45. The van der Waals surface area contributed by atoms with Crippen molar-refractivity contribution < 1.29 is 14.3 Å². The Bertz CT molecular complexity index is 372. The molecule has 0 aromatic rings. The molecule has 4 nitrogen and oxygen atoms in total. The number of carbonyl (C=O) groups excluding carboxylic acids is 1. The molecule has 0 unspecified atom stereocenters. The molecule has 0 radical (unpaired) electrons. The zero-order valence-corrected chi connectivity index (χ0v) is 12.9. The smallest absolute Gasteiger partial charge is 0.302 e. The van der Waals surface area contributed by atoms with Crippen LogP contribution in [0.25, 0.3) is 0 Å². The van der Waals surface area contributed by atoms with Gasteiger partial charge < -0.3 is 9.47 Å². The Balaban J connectivity index is 1.99. The third kappa shape index (κ3) is 3.31. The first-order chi connectivity index (χ1) is 9.02. The molecule has 0 aromatic carbocycles. The van der Waals surface area contributed by atoms with Gasteiger partial charge in [-0.1, -0.05) is 39.0 Å². The number of ether oxygens (including phenoxy) is 2. The molecular weight excluding hydrogens is 262 g/mol. The standard InChI is InChI=1S/C14H23NO3S/c1-5-6-12-15-13-9(3)8(2)11(7-17-10(4)16)18-14(13)19-12/h8-9,11,13-14H,5-7H2,1-4H3/t8-,9-,11+,13+,14+/m0/s1. The highest BCUT2D eigenvalue weighted by Crippen LogP contribution is 2.42. The van der Waals surface area contributed by atoms with Crippen LogP contribution in [0.1, 0.15) is 40.5 Å². The van der Waals surface area contributed by atoms with E-state index >= 15 is 0 Å². The zero-order chi connectivity index (χ0) is 14.0. The maximum atomic E-state index is 10.9. The van der Waals surface area contributed by atoms with E-state index in [9.17, 15) is 4.79 Å². The van der Waals surface area contributed by atoms with Crippen LogP contribution < -0.4 is 0 Å². The SMILES string of the molecule is CCCC1=N[C@@H]2[C@@H](C)[C@H](C)[C@@H](COC(C)=O)O[C@@H]2S1. The summed E-state index contributed by atoms with van der Waals surface area (Å²) < 4.78 is 11.2. The predicted molar refractivity (Wildman–Crippen MR) is 77.3 cm³/mol. The van der Waals surface area contributed by atoms with Gasteiger partial charge in [0.2, 0.25) is 0 Å². The summed E-state index contributed by atoms with van der Waals surface area (Å²) in [6.45, 7) is 8.35. The highest BCUT2D eigenvalue weighted by atomic mass is 32.2. The Morgan fingerprint density at radius 2 is 2.16 bits per heavy atom. The van der Waals surface area contributed by atoms with Gasteiger partial charge in [0.25, 0.3) is 0 Å². The third-order valence-electron chi connectivity index (χ3n) is 4.00. The molecule has 0 saturated carbocycles. The summed E-state index contributed by atoms with van der Waals surface area (Å²) in [5, 5.41) is 1.21. The summed E-state index contributed by atoms with van der Waals surface area (Å²) in [5.74, 6) is 0.569. The number of thioether (sulfide) groups is 1. The molecule has 2 heterocycles. The lowest BCUT2D eigenvalue weighted by Crippen LogP contribution is -2.47. The number of rotatable bonds is 4. The molecule has 108 valence electrons. The molecule has 0 aromatic heterocycles. The molecule has 5 atom stereocenters. The maximum Gasteiger partial charge on any atom is 0.302 e. The van der Waals surface area contributed by atoms with Gasteiger partial charge in [-0.25, -0.2) is 0 Å². The number of fused-ring (bicyclic) bond motifs is 1. The Kier molecular flexibility index (Phi) is 4.90. The molecule has 1 saturated heterocycles. The van der Waals surface area contributed by atoms with Gasteiger partial charge >= 0.3 is 5.97 Å². The van der Waals surface area contributed by atoms with Crippen LogP contribution in [-0.2, 0) is 14.3 Å². The Morgan fingerprint density at radius 3 is 2.79 bits per heavy atom. The van der Waals surface area contributed by atoms with Gasteiger partial charge in [0.1, 0.15) is 12.0 Å². The fourth-order valence-electron chi connectivity index (χ4n) is 2.61. The summed E-state index contributed by atoms with van der Waals surface area (Å²) in [6.07, 6.45) is 2.15. The van der Waals surface area contributed by atoms with Crippen molar-refractivity contribution >= 4 is 22.8 Å². The van der Waals surface area contributed by atoms with Gasteiger partial charge in [0.05, 0.1) is 17.2 Å². The molecule has 2 aliphatic rings. The lowest BCUT2D eigenvalue weighted by Gasteiger charge is -2.40. The van der Waals surface area contributed by atoms with E-state index in [1.165, 1.54) is 12.0 Å². The minimum Gasteiger partial charge on any atom is -0.463 e. The number of nitrogens with zero attached hydrogens (tertiary/aromatic N) is 1. The van der Waals surface area contributed by atoms with Crippen molar-refractivity contribution in [1.29, 1.82) is 0 Å². The van der Waals surface area contributed by atoms with E-state index in [-0.39, 0.29) is 23.6 Å². The molecule has 0 spiro atoms. The van der Waals surface area contributed by atoms with Crippen molar-refractivity contribution in [2.75, 3.05) is 6.61 Å². The zero-order valence-electron chi connectivity index (χ0n) is 12.1. The highest BCUT2D eigenvalue weighted by molar-refractivity contribution is 8.14. The molecule has 5 heteroatoms. The van der Waals surface area contributed by atoms with Crippen LogP contribution in [0.2, 0.25) is 0 Å². The van der Waals surface area contributed by atoms with Gasteiger partial charge in [0.15, 0.2) is 0 Å². The van der Waals surface area contributed by atoms with Crippen molar-refractivity contribution in [3.8, 4) is 0 Å².